The van der Waals surface area contributed by atoms with Crippen molar-refractivity contribution in [1.29, 1.82) is 0 Å². The lowest BCUT2D eigenvalue weighted by Crippen LogP contribution is -1.98. The van der Waals surface area contributed by atoms with Crippen molar-refractivity contribution in [3.8, 4) is 0 Å². The first-order chi connectivity index (χ1) is 10.2. The molecule has 0 aliphatic carbocycles. The minimum absolute atomic E-state index is 0.0666. The highest BCUT2D eigenvalue weighted by molar-refractivity contribution is 7.85. The SMILES string of the molecule is CC(C)CCC[C@@H](C)CCO.Cc1ccc(S(=O)(=O)O)cc1. The van der Waals surface area contributed by atoms with Gasteiger partial charge in [-0.25, -0.2) is 0 Å². The summed E-state index contributed by atoms with van der Waals surface area (Å²) in [6, 6.07) is 5.99. The number of benzene rings is 1. The molecular formula is C17H30O4S. The Morgan fingerprint density at radius 1 is 1.00 bits per heavy atom. The Morgan fingerprint density at radius 3 is 1.95 bits per heavy atom. The van der Waals surface area contributed by atoms with Crippen molar-refractivity contribution in [3.63, 3.8) is 0 Å². The molecule has 5 heteroatoms. The van der Waals surface area contributed by atoms with E-state index in [1.807, 2.05) is 6.92 Å². The molecule has 0 heterocycles. The van der Waals surface area contributed by atoms with E-state index in [-0.39, 0.29) is 4.90 Å². The van der Waals surface area contributed by atoms with Gasteiger partial charge in [0.25, 0.3) is 10.1 Å². The summed E-state index contributed by atoms with van der Waals surface area (Å²) >= 11 is 0. The summed E-state index contributed by atoms with van der Waals surface area (Å²) < 4.78 is 29.6. The number of aryl methyl sites for hydroxylation is 1. The molecule has 22 heavy (non-hydrogen) atoms. The Kier molecular flexibility index (Phi) is 10.3. The highest BCUT2D eigenvalue weighted by Crippen LogP contribution is 2.14. The monoisotopic (exact) mass is 330 g/mol. The number of aliphatic hydroxyl groups excluding tert-OH is 1. The summed E-state index contributed by atoms with van der Waals surface area (Å²) in [6.45, 7) is 8.93. The largest absolute Gasteiger partial charge is 0.396 e. The van der Waals surface area contributed by atoms with Crippen molar-refractivity contribution in [2.24, 2.45) is 11.8 Å². The Labute approximate surface area is 135 Å². The highest BCUT2D eigenvalue weighted by Gasteiger charge is 2.06. The fourth-order valence-corrected chi connectivity index (χ4v) is 2.43. The second-order valence-electron chi connectivity index (χ2n) is 6.23. The molecule has 0 fully saturated rings. The fraction of sp³-hybridized carbons (Fsp3) is 0.647. The minimum atomic E-state index is -4.02. The van der Waals surface area contributed by atoms with Gasteiger partial charge in [0.15, 0.2) is 0 Å². The van der Waals surface area contributed by atoms with E-state index >= 15 is 0 Å². The quantitative estimate of drug-likeness (QED) is 0.739. The molecular weight excluding hydrogens is 300 g/mol. The van der Waals surface area contributed by atoms with Crippen LogP contribution in [0.15, 0.2) is 29.2 Å². The summed E-state index contributed by atoms with van der Waals surface area (Å²) in [6.07, 6.45) is 4.89. The van der Waals surface area contributed by atoms with E-state index in [4.69, 9.17) is 9.66 Å². The summed E-state index contributed by atoms with van der Waals surface area (Å²) in [7, 11) is -4.02. The van der Waals surface area contributed by atoms with E-state index in [9.17, 15) is 8.42 Å². The molecule has 0 saturated carbocycles. The fourth-order valence-electron chi connectivity index (χ4n) is 1.95. The highest BCUT2D eigenvalue weighted by atomic mass is 32.2. The van der Waals surface area contributed by atoms with E-state index < -0.39 is 10.1 Å². The molecule has 128 valence electrons. The van der Waals surface area contributed by atoms with Crippen LogP contribution in [0.1, 0.15) is 52.0 Å². The molecule has 1 aromatic rings. The average Bonchev–Trinajstić information content (AvgIpc) is 2.38. The van der Waals surface area contributed by atoms with Crippen LogP contribution in [-0.4, -0.2) is 24.7 Å². The van der Waals surface area contributed by atoms with Gasteiger partial charge >= 0.3 is 0 Å². The van der Waals surface area contributed by atoms with Crippen molar-refractivity contribution < 1.29 is 18.1 Å². The maximum Gasteiger partial charge on any atom is 0.294 e. The number of hydrogen-bond donors (Lipinski definition) is 2. The minimum Gasteiger partial charge on any atom is -0.396 e. The van der Waals surface area contributed by atoms with Gasteiger partial charge in [-0.05, 0) is 37.3 Å². The third kappa shape index (κ3) is 10.8. The first-order valence-corrected chi connectivity index (χ1v) is 9.25. The molecule has 0 aliphatic heterocycles. The zero-order valence-electron chi connectivity index (χ0n) is 14.1. The lowest BCUT2D eigenvalue weighted by Gasteiger charge is -2.09. The van der Waals surface area contributed by atoms with Gasteiger partial charge in [-0.1, -0.05) is 57.7 Å². The molecule has 0 saturated heterocycles. The maximum atomic E-state index is 10.5. The summed E-state index contributed by atoms with van der Waals surface area (Å²) in [5, 5.41) is 8.65. The first-order valence-electron chi connectivity index (χ1n) is 7.81. The van der Waals surface area contributed by atoms with Crippen molar-refractivity contribution in [2.75, 3.05) is 6.61 Å². The van der Waals surface area contributed by atoms with Gasteiger partial charge in [0.1, 0.15) is 0 Å². The normalized spacial score (nSPS) is 12.7. The zero-order chi connectivity index (χ0) is 17.2. The summed E-state index contributed by atoms with van der Waals surface area (Å²) in [4.78, 5) is -0.0666. The third-order valence-corrected chi connectivity index (χ3v) is 4.29. The lowest BCUT2D eigenvalue weighted by atomic mass is 9.98. The molecule has 1 aromatic carbocycles. The molecule has 1 rings (SSSR count). The molecule has 0 unspecified atom stereocenters. The van der Waals surface area contributed by atoms with Crippen LogP contribution in [0.4, 0.5) is 0 Å². The predicted molar refractivity (Wildman–Crippen MR) is 90.5 cm³/mol. The van der Waals surface area contributed by atoms with Crippen molar-refractivity contribution in [3.05, 3.63) is 29.8 Å². The molecule has 0 amide bonds. The van der Waals surface area contributed by atoms with Gasteiger partial charge in [0.2, 0.25) is 0 Å². The Bertz CT molecular complexity index is 492. The van der Waals surface area contributed by atoms with Crippen molar-refractivity contribution in [1.82, 2.24) is 0 Å². The van der Waals surface area contributed by atoms with E-state index in [2.05, 4.69) is 20.8 Å². The maximum absolute atomic E-state index is 10.5. The zero-order valence-corrected chi connectivity index (χ0v) is 14.9. The van der Waals surface area contributed by atoms with E-state index in [0.717, 1.165) is 17.9 Å². The number of hydrogen-bond acceptors (Lipinski definition) is 3. The molecule has 0 aromatic heterocycles. The Balaban J connectivity index is 0.000000401. The van der Waals surface area contributed by atoms with Crippen LogP contribution >= 0.6 is 0 Å². The Morgan fingerprint density at radius 2 is 1.55 bits per heavy atom. The standard InChI is InChI=1S/C10H22O.C7H8O3S/c1-9(2)5-4-6-10(3)7-8-11;1-6-2-4-7(5-3-6)11(8,9)10/h9-11H,4-8H2,1-3H3;2-5H,1H3,(H,8,9,10)/t10-;/m1./s1. The van der Waals surface area contributed by atoms with E-state index in [1.165, 1.54) is 31.4 Å². The van der Waals surface area contributed by atoms with Crippen LogP contribution in [0.5, 0.6) is 0 Å². The topological polar surface area (TPSA) is 74.6 Å². The van der Waals surface area contributed by atoms with Gasteiger partial charge in [-0.2, -0.15) is 8.42 Å². The summed E-state index contributed by atoms with van der Waals surface area (Å²) in [5.41, 5.74) is 0.956. The van der Waals surface area contributed by atoms with Gasteiger partial charge < -0.3 is 5.11 Å². The van der Waals surface area contributed by atoms with Gasteiger partial charge in [-0.15, -0.1) is 0 Å². The molecule has 4 nitrogen and oxygen atoms in total. The molecule has 0 radical (unpaired) electrons. The summed E-state index contributed by atoms with van der Waals surface area (Å²) in [5.74, 6) is 1.54. The van der Waals surface area contributed by atoms with Crippen LogP contribution in [0, 0.1) is 18.8 Å². The molecule has 0 spiro atoms. The van der Waals surface area contributed by atoms with Gasteiger partial charge in [0.05, 0.1) is 4.90 Å². The number of rotatable bonds is 7. The first kappa shape index (κ1) is 21.1. The van der Waals surface area contributed by atoms with Crippen LogP contribution in [0.25, 0.3) is 0 Å². The molecule has 1 atom stereocenters. The van der Waals surface area contributed by atoms with Crippen LogP contribution in [0.3, 0.4) is 0 Å². The van der Waals surface area contributed by atoms with Gasteiger partial charge in [-0.3, -0.25) is 4.55 Å². The molecule has 0 aliphatic rings. The Hall–Kier alpha value is -0.910. The van der Waals surface area contributed by atoms with E-state index in [1.54, 1.807) is 12.1 Å². The van der Waals surface area contributed by atoms with Gasteiger partial charge in [0, 0.05) is 6.61 Å². The lowest BCUT2D eigenvalue weighted by molar-refractivity contribution is 0.255. The van der Waals surface area contributed by atoms with Crippen LogP contribution < -0.4 is 0 Å². The van der Waals surface area contributed by atoms with Crippen molar-refractivity contribution >= 4 is 10.1 Å². The molecule has 2 N–H and O–H groups in total. The second kappa shape index (κ2) is 10.8. The third-order valence-electron chi connectivity index (χ3n) is 3.42. The van der Waals surface area contributed by atoms with Crippen LogP contribution in [-0.2, 0) is 10.1 Å². The van der Waals surface area contributed by atoms with Crippen molar-refractivity contribution in [2.45, 2.75) is 58.3 Å². The second-order valence-corrected chi connectivity index (χ2v) is 7.65. The predicted octanol–water partition coefficient (Wildman–Crippen LogP) is 4.07. The van der Waals surface area contributed by atoms with Crippen LogP contribution in [0.2, 0.25) is 0 Å². The smallest absolute Gasteiger partial charge is 0.294 e. The average molecular weight is 330 g/mol. The number of aliphatic hydroxyl groups is 1. The van der Waals surface area contributed by atoms with E-state index in [0.29, 0.717) is 12.5 Å². The molecule has 0 bridgehead atoms.